The van der Waals surface area contributed by atoms with Crippen molar-refractivity contribution in [3.63, 3.8) is 0 Å². The summed E-state index contributed by atoms with van der Waals surface area (Å²) in [5.41, 5.74) is 3.84. The topological polar surface area (TPSA) is 64.0 Å². The summed E-state index contributed by atoms with van der Waals surface area (Å²) in [5.74, 6) is -0.0365. The number of carbonyl (C=O) groups is 1. The van der Waals surface area contributed by atoms with E-state index in [1.165, 1.54) is 16.5 Å². The first-order valence-corrected chi connectivity index (χ1v) is 11.3. The largest absolute Gasteiger partial charge is 0.336 e. The van der Waals surface area contributed by atoms with Crippen molar-refractivity contribution in [3.8, 4) is 0 Å². The Morgan fingerprint density at radius 3 is 2.36 bits per heavy atom. The Bertz CT molecular complexity index is 900. The molecule has 6 heteroatoms. The second-order valence-electron chi connectivity index (χ2n) is 7.35. The first kappa shape index (κ1) is 19.2. The van der Waals surface area contributed by atoms with Crippen molar-refractivity contribution in [3.05, 3.63) is 70.1 Å². The van der Waals surface area contributed by atoms with Crippen molar-refractivity contribution >= 4 is 22.6 Å². The summed E-state index contributed by atoms with van der Waals surface area (Å²) >= 11 is 0. The van der Waals surface area contributed by atoms with Crippen molar-refractivity contribution in [2.75, 3.05) is 26.2 Å². The van der Waals surface area contributed by atoms with Gasteiger partial charge in [-0.2, -0.15) is 0 Å². The quantitative estimate of drug-likeness (QED) is 0.806. The molecule has 2 heterocycles. The summed E-state index contributed by atoms with van der Waals surface area (Å²) in [6, 6.07) is 13.9. The van der Waals surface area contributed by atoms with Crippen LogP contribution in [-0.4, -0.2) is 51.0 Å². The van der Waals surface area contributed by atoms with Crippen LogP contribution in [0.15, 0.2) is 52.8 Å². The fraction of sp³-hybridized carbons (Fsp3) is 0.318. The van der Waals surface area contributed by atoms with E-state index < -0.39 is 10.6 Å². The number of hydrogen-bond donors (Lipinski definition) is 2. The van der Waals surface area contributed by atoms with Crippen LogP contribution in [-0.2, 0) is 13.0 Å². The van der Waals surface area contributed by atoms with Crippen LogP contribution in [0.3, 0.4) is 0 Å². The van der Waals surface area contributed by atoms with Gasteiger partial charge >= 0.3 is 0 Å². The Hall–Kier alpha value is -2.12. The lowest BCUT2D eigenvalue weighted by atomic mass is 10.1. The molecule has 2 aromatic rings. The maximum absolute atomic E-state index is 13.0. The molecule has 0 spiro atoms. The summed E-state index contributed by atoms with van der Waals surface area (Å²) in [6.45, 7) is 6.08. The molecule has 0 saturated carbocycles. The summed E-state index contributed by atoms with van der Waals surface area (Å²) in [6.07, 6.45) is 2.71. The van der Waals surface area contributed by atoms with Gasteiger partial charge in [-0.15, -0.1) is 10.6 Å². The summed E-state index contributed by atoms with van der Waals surface area (Å²) in [5, 5.41) is 1.40. The molecule has 5 nitrogen and oxygen atoms in total. The van der Waals surface area contributed by atoms with Gasteiger partial charge in [0.1, 0.15) is 0 Å². The minimum absolute atomic E-state index is 0.0365. The number of carbonyl (C=O) groups excluding carboxylic acids is 1. The highest BCUT2D eigenvalue weighted by molar-refractivity contribution is 8.27. The Balaban J connectivity index is 1.40. The number of benzene rings is 2. The molecule has 0 atom stereocenters. The third-order valence-electron chi connectivity index (χ3n) is 5.54. The van der Waals surface area contributed by atoms with Gasteiger partial charge < -0.3 is 4.90 Å². The molecule has 2 N–H and O–H groups in total. The van der Waals surface area contributed by atoms with E-state index in [-0.39, 0.29) is 5.91 Å². The Morgan fingerprint density at radius 1 is 1.00 bits per heavy atom. The predicted molar refractivity (Wildman–Crippen MR) is 114 cm³/mol. The molecule has 0 bridgehead atoms. The van der Waals surface area contributed by atoms with E-state index in [1.54, 1.807) is 24.3 Å². The van der Waals surface area contributed by atoms with Crippen LogP contribution >= 0.6 is 10.6 Å². The molecule has 2 aliphatic rings. The van der Waals surface area contributed by atoms with E-state index in [1.807, 2.05) is 4.90 Å². The average Bonchev–Trinajstić information content (AvgIpc) is 3.04. The van der Waals surface area contributed by atoms with Gasteiger partial charge in [0, 0.05) is 49.3 Å². The zero-order valence-electron chi connectivity index (χ0n) is 16.0. The monoisotopic (exact) mass is 398 g/mol. The van der Waals surface area contributed by atoms with Crippen LogP contribution < -0.4 is 0 Å². The van der Waals surface area contributed by atoms with Gasteiger partial charge in [0.15, 0.2) is 0 Å². The number of fused-ring (bicyclic) bond motifs is 1. The number of aryl methyl sites for hydroxylation is 1. The van der Waals surface area contributed by atoms with E-state index in [0.29, 0.717) is 29.1 Å². The van der Waals surface area contributed by atoms with Crippen LogP contribution in [0.2, 0.25) is 0 Å². The van der Waals surface area contributed by atoms with Crippen LogP contribution in [0, 0.1) is 0 Å². The fourth-order valence-corrected chi connectivity index (χ4v) is 5.07. The zero-order valence-corrected chi connectivity index (χ0v) is 16.9. The molecular weight excluding hydrogens is 372 g/mol. The SMILES string of the molecule is CCc1ccc(CN2CCN(C(=O)c3cccc4c3C=CS4(O)O)CC2)cc1. The van der Waals surface area contributed by atoms with Crippen LogP contribution in [0.25, 0.3) is 6.08 Å². The van der Waals surface area contributed by atoms with Crippen LogP contribution in [0.5, 0.6) is 0 Å². The van der Waals surface area contributed by atoms with E-state index in [9.17, 15) is 13.9 Å². The summed E-state index contributed by atoms with van der Waals surface area (Å²) in [7, 11) is -2.90. The molecule has 4 rings (SSSR count). The molecule has 28 heavy (non-hydrogen) atoms. The molecular formula is C22H26N2O3S. The number of piperazine rings is 1. The van der Waals surface area contributed by atoms with Crippen molar-refractivity contribution in [1.29, 1.82) is 0 Å². The smallest absolute Gasteiger partial charge is 0.254 e. The minimum Gasteiger partial charge on any atom is -0.336 e. The van der Waals surface area contributed by atoms with Gasteiger partial charge in [0.25, 0.3) is 5.91 Å². The van der Waals surface area contributed by atoms with Gasteiger partial charge in [0.2, 0.25) is 0 Å². The van der Waals surface area contributed by atoms with E-state index in [0.717, 1.165) is 26.1 Å². The molecule has 2 aromatic carbocycles. The number of nitrogens with zero attached hydrogens (tertiary/aromatic N) is 2. The second-order valence-corrected chi connectivity index (χ2v) is 9.25. The zero-order chi connectivity index (χ0) is 19.7. The van der Waals surface area contributed by atoms with Gasteiger partial charge in [-0.1, -0.05) is 37.3 Å². The summed E-state index contributed by atoms with van der Waals surface area (Å²) < 4.78 is 20.2. The highest BCUT2D eigenvalue weighted by Gasteiger charge is 2.29. The van der Waals surface area contributed by atoms with Crippen LogP contribution in [0.1, 0.15) is 34.0 Å². The molecule has 0 unspecified atom stereocenters. The molecule has 148 valence electrons. The molecule has 2 aliphatic heterocycles. The van der Waals surface area contributed by atoms with E-state index in [4.69, 9.17) is 0 Å². The number of rotatable bonds is 4. The first-order chi connectivity index (χ1) is 13.5. The normalized spacial score (nSPS) is 19.5. The van der Waals surface area contributed by atoms with E-state index in [2.05, 4.69) is 36.1 Å². The third-order valence-corrected chi connectivity index (χ3v) is 7.06. The molecule has 1 saturated heterocycles. The van der Waals surface area contributed by atoms with E-state index >= 15 is 0 Å². The Kier molecular flexibility index (Phi) is 5.29. The lowest BCUT2D eigenvalue weighted by molar-refractivity contribution is 0.0628. The molecule has 0 aromatic heterocycles. The van der Waals surface area contributed by atoms with Gasteiger partial charge in [-0.05, 0) is 35.8 Å². The Morgan fingerprint density at radius 2 is 1.68 bits per heavy atom. The van der Waals surface area contributed by atoms with Crippen molar-refractivity contribution in [1.82, 2.24) is 9.80 Å². The van der Waals surface area contributed by atoms with Gasteiger partial charge in [0.05, 0.1) is 4.90 Å². The second kappa shape index (κ2) is 7.72. The average molecular weight is 399 g/mol. The lowest BCUT2D eigenvalue weighted by Gasteiger charge is -2.35. The highest BCUT2D eigenvalue weighted by Crippen LogP contribution is 2.56. The maximum Gasteiger partial charge on any atom is 0.254 e. The highest BCUT2D eigenvalue weighted by atomic mass is 32.3. The molecule has 0 aliphatic carbocycles. The lowest BCUT2D eigenvalue weighted by Crippen LogP contribution is -2.48. The first-order valence-electron chi connectivity index (χ1n) is 9.67. The molecule has 1 fully saturated rings. The number of hydrogen-bond acceptors (Lipinski definition) is 4. The third kappa shape index (κ3) is 3.73. The Labute approximate surface area is 167 Å². The fourth-order valence-electron chi connectivity index (χ4n) is 3.82. The summed E-state index contributed by atoms with van der Waals surface area (Å²) in [4.78, 5) is 17.7. The number of amides is 1. The van der Waals surface area contributed by atoms with Gasteiger partial charge in [-0.3, -0.25) is 18.8 Å². The molecule has 0 radical (unpaired) electrons. The standard InChI is InChI=1S/C22H26N2O3S/c1-2-17-6-8-18(9-7-17)16-23-11-13-24(14-12-23)22(25)20-4-3-5-21-19(20)10-15-28(21,26)27/h3-10,15,26-27H,2,11-14,16H2,1H3. The maximum atomic E-state index is 13.0. The predicted octanol–water partition coefficient (Wildman–Crippen LogP) is 4.30. The van der Waals surface area contributed by atoms with Crippen LogP contribution in [0.4, 0.5) is 0 Å². The van der Waals surface area contributed by atoms with Crippen molar-refractivity contribution in [2.24, 2.45) is 0 Å². The minimum atomic E-state index is -2.90. The van der Waals surface area contributed by atoms with Gasteiger partial charge in [-0.25, -0.2) is 0 Å². The molecule has 1 amide bonds. The van der Waals surface area contributed by atoms with Crippen molar-refractivity contribution in [2.45, 2.75) is 24.8 Å². The van der Waals surface area contributed by atoms with Crippen molar-refractivity contribution < 1.29 is 13.9 Å².